The van der Waals surface area contributed by atoms with Gasteiger partial charge in [-0.05, 0) is 75.6 Å². The van der Waals surface area contributed by atoms with Gasteiger partial charge in [-0.3, -0.25) is 0 Å². The average Bonchev–Trinajstić information content (AvgIpc) is 3.33. The van der Waals surface area contributed by atoms with Gasteiger partial charge in [0.25, 0.3) is 0 Å². The topological polar surface area (TPSA) is 71.1 Å². The number of hydrogen-bond acceptors (Lipinski definition) is 5. The van der Waals surface area contributed by atoms with E-state index in [9.17, 15) is 4.79 Å². The number of aryl methyl sites for hydroxylation is 1. The molecule has 164 valence electrons. The van der Waals surface area contributed by atoms with E-state index in [2.05, 4.69) is 53.3 Å². The van der Waals surface area contributed by atoms with Crippen molar-refractivity contribution in [3.63, 3.8) is 0 Å². The first kappa shape index (κ1) is 20.7. The quantitative estimate of drug-likeness (QED) is 0.400. The van der Waals surface area contributed by atoms with Crippen molar-refractivity contribution < 1.29 is 9.53 Å². The lowest BCUT2D eigenvalue weighted by atomic mass is 10.0. The van der Waals surface area contributed by atoms with Crippen molar-refractivity contribution in [2.75, 3.05) is 13.1 Å². The number of carbonyl (C=O) groups is 1. The van der Waals surface area contributed by atoms with Crippen LogP contribution in [0.4, 0.5) is 4.79 Å². The van der Waals surface area contributed by atoms with Gasteiger partial charge in [0.05, 0.1) is 4.70 Å². The van der Waals surface area contributed by atoms with Crippen molar-refractivity contribution >= 4 is 44.3 Å². The third-order valence-corrected chi connectivity index (χ3v) is 6.52. The summed E-state index contributed by atoms with van der Waals surface area (Å²) < 4.78 is 6.55. The van der Waals surface area contributed by atoms with Crippen LogP contribution in [-0.4, -0.2) is 44.6 Å². The number of carbonyl (C=O) groups excluding carboxylic acids is 1. The number of aromatic nitrogens is 3. The highest BCUT2D eigenvalue weighted by atomic mass is 32.1. The summed E-state index contributed by atoms with van der Waals surface area (Å²) in [5.41, 5.74) is 5.98. The fraction of sp³-hybridized carbons (Fsp3) is 0.320. The standard InChI is InChI=1S/C25H26N4O2S/c1-15-11-18-12-17(5-6-20(18)27-15)23-28-22-21(32-23)13-19(14-26-22)16-7-9-29(10-8-16)24(30)31-25(2,3)4/h5-7,11-14,27H,8-10H2,1-4H3. The predicted octanol–water partition coefficient (Wildman–Crippen LogP) is 6.17. The van der Waals surface area contributed by atoms with Gasteiger partial charge < -0.3 is 14.6 Å². The van der Waals surface area contributed by atoms with Crippen molar-refractivity contribution in [2.24, 2.45) is 0 Å². The molecule has 1 N–H and O–H groups in total. The lowest BCUT2D eigenvalue weighted by molar-refractivity contribution is 0.0270. The van der Waals surface area contributed by atoms with Crippen LogP contribution in [0.2, 0.25) is 0 Å². The number of benzene rings is 1. The van der Waals surface area contributed by atoms with Gasteiger partial charge in [-0.15, -0.1) is 11.3 Å². The van der Waals surface area contributed by atoms with Gasteiger partial charge in [0.15, 0.2) is 5.65 Å². The minimum Gasteiger partial charge on any atom is -0.444 e. The van der Waals surface area contributed by atoms with Crippen molar-refractivity contribution in [3.05, 3.63) is 53.9 Å². The molecule has 0 fully saturated rings. The lowest BCUT2D eigenvalue weighted by Crippen LogP contribution is -2.39. The van der Waals surface area contributed by atoms with Crippen molar-refractivity contribution in [3.8, 4) is 10.6 Å². The number of aromatic amines is 1. The number of rotatable bonds is 2. The highest BCUT2D eigenvalue weighted by Gasteiger charge is 2.24. The third-order valence-electron chi connectivity index (χ3n) is 5.48. The van der Waals surface area contributed by atoms with E-state index in [1.165, 1.54) is 11.0 Å². The van der Waals surface area contributed by atoms with Crippen LogP contribution in [0.5, 0.6) is 0 Å². The van der Waals surface area contributed by atoms with Crippen molar-refractivity contribution in [1.29, 1.82) is 0 Å². The molecular weight excluding hydrogens is 420 g/mol. The monoisotopic (exact) mass is 446 g/mol. The van der Waals surface area contributed by atoms with Crippen LogP contribution in [0.25, 0.3) is 37.4 Å². The number of nitrogens with zero attached hydrogens (tertiary/aromatic N) is 3. The molecule has 1 aliphatic heterocycles. The van der Waals surface area contributed by atoms with E-state index < -0.39 is 5.60 Å². The molecule has 4 heterocycles. The SMILES string of the molecule is Cc1cc2cc(-c3nc4ncc(C5=CCN(C(=O)OC(C)(C)C)CC5)cc4s3)ccc2[nH]1. The zero-order chi connectivity index (χ0) is 22.5. The molecule has 7 heteroatoms. The summed E-state index contributed by atoms with van der Waals surface area (Å²) in [5.74, 6) is 0. The van der Waals surface area contributed by atoms with E-state index in [1.807, 2.05) is 27.0 Å². The number of amides is 1. The Labute approximate surface area is 190 Å². The first-order valence-electron chi connectivity index (χ1n) is 10.8. The van der Waals surface area contributed by atoms with Crippen molar-refractivity contribution in [2.45, 2.75) is 39.7 Å². The summed E-state index contributed by atoms with van der Waals surface area (Å²) in [7, 11) is 0. The lowest BCUT2D eigenvalue weighted by Gasteiger charge is -2.29. The molecule has 6 nitrogen and oxygen atoms in total. The Morgan fingerprint density at radius 1 is 1.19 bits per heavy atom. The van der Waals surface area contributed by atoms with Gasteiger partial charge in [0, 0.05) is 41.4 Å². The number of ether oxygens (including phenoxy) is 1. The molecule has 0 saturated carbocycles. The first-order valence-corrected chi connectivity index (χ1v) is 11.6. The van der Waals surface area contributed by atoms with Gasteiger partial charge >= 0.3 is 6.09 Å². The first-order chi connectivity index (χ1) is 15.2. The highest BCUT2D eigenvalue weighted by molar-refractivity contribution is 7.21. The molecule has 3 aromatic heterocycles. The Kier molecular flexibility index (Phi) is 5.01. The molecule has 0 spiro atoms. The fourth-order valence-electron chi connectivity index (χ4n) is 3.95. The minimum atomic E-state index is -0.482. The van der Waals surface area contributed by atoms with Gasteiger partial charge in [-0.25, -0.2) is 14.8 Å². The summed E-state index contributed by atoms with van der Waals surface area (Å²) in [4.78, 5) is 26.8. The van der Waals surface area contributed by atoms with Crippen LogP contribution in [-0.2, 0) is 4.74 Å². The second-order valence-electron chi connectivity index (χ2n) is 9.22. The molecule has 0 aliphatic carbocycles. The molecule has 0 saturated heterocycles. The molecular formula is C25H26N4O2S. The molecule has 4 aromatic rings. The van der Waals surface area contributed by atoms with Gasteiger partial charge in [-0.1, -0.05) is 6.08 Å². The van der Waals surface area contributed by atoms with Crippen LogP contribution in [0.1, 0.15) is 38.4 Å². The number of pyridine rings is 1. The van der Waals surface area contributed by atoms with E-state index in [0.29, 0.717) is 13.1 Å². The maximum Gasteiger partial charge on any atom is 0.410 e. The summed E-state index contributed by atoms with van der Waals surface area (Å²) in [6, 6.07) is 10.7. The minimum absolute atomic E-state index is 0.261. The summed E-state index contributed by atoms with van der Waals surface area (Å²) in [6.45, 7) is 8.91. The summed E-state index contributed by atoms with van der Waals surface area (Å²) >= 11 is 1.66. The molecule has 0 atom stereocenters. The second-order valence-corrected chi connectivity index (χ2v) is 10.3. The molecule has 32 heavy (non-hydrogen) atoms. The number of H-pyrrole nitrogens is 1. The Morgan fingerprint density at radius 3 is 2.78 bits per heavy atom. The Hall–Kier alpha value is -3.19. The van der Waals surface area contributed by atoms with E-state index in [0.717, 1.165) is 44.1 Å². The van der Waals surface area contributed by atoms with Crippen LogP contribution >= 0.6 is 11.3 Å². The molecule has 5 rings (SSSR count). The van der Waals surface area contributed by atoms with E-state index in [-0.39, 0.29) is 6.09 Å². The van der Waals surface area contributed by atoms with Crippen LogP contribution < -0.4 is 0 Å². The Morgan fingerprint density at radius 2 is 2.03 bits per heavy atom. The van der Waals surface area contributed by atoms with E-state index >= 15 is 0 Å². The second kappa shape index (κ2) is 7.74. The van der Waals surface area contributed by atoms with Crippen LogP contribution in [0.15, 0.2) is 42.6 Å². The number of thiazole rings is 1. The van der Waals surface area contributed by atoms with Crippen LogP contribution in [0, 0.1) is 6.92 Å². The number of nitrogens with one attached hydrogen (secondary N) is 1. The van der Waals surface area contributed by atoms with Gasteiger partial charge in [0.2, 0.25) is 0 Å². The van der Waals surface area contributed by atoms with Crippen LogP contribution in [0.3, 0.4) is 0 Å². The fourth-order valence-corrected chi connectivity index (χ4v) is 4.91. The van der Waals surface area contributed by atoms with E-state index in [4.69, 9.17) is 9.72 Å². The zero-order valence-electron chi connectivity index (χ0n) is 18.7. The highest BCUT2D eigenvalue weighted by Crippen LogP contribution is 2.33. The Bertz CT molecular complexity index is 1360. The molecule has 0 radical (unpaired) electrons. The molecule has 0 bridgehead atoms. The normalized spacial score (nSPS) is 14.8. The third kappa shape index (κ3) is 4.12. The smallest absolute Gasteiger partial charge is 0.410 e. The number of hydrogen-bond donors (Lipinski definition) is 1. The zero-order valence-corrected chi connectivity index (χ0v) is 19.5. The summed E-state index contributed by atoms with van der Waals surface area (Å²) in [5, 5.41) is 2.16. The molecule has 0 unspecified atom stereocenters. The summed E-state index contributed by atoms with van der Waals surface area (Å²) in [6.07, 6.45) is 4.50. The van der Waals surface area contributed by atoms with E-state index in [1.54, 1.807) is 16.2 Å². The molecule has 1 amide bonds. The maximum atomic E-state index is 12.3. The molecule has 1 aliphatic rings. The van der Waals surface area contributed by atoms with Gasteiger partial charge in [-0.2, -0.15) is 0 Å². The van der Waals surface area contributed by atoms with Gasteiger partial charge in [0.1, 0.15) is 10.6 Å². The largest absolute Gasteiger partial charge is 0.444 e. The Balaban J connectivity index is 1.38. The predicted molar refractivity (Wildman–Crippen MR) is 130 cm³/mol. The molecule has 1 aromatic carbocycles. The van der Waals surface area contributed by atoms with Crippen molar-refractivity contribution in [1.82, 2.24) is 19.9 Å². The maximum absolute atomic E-state index is 12.3. The number of fused-ring (bicyclic) bond motifs is 2. The average molecular weight is 447 g/mol.